The highest BCUT2D eigenvalue weighted by atomic mass is 16.5. The van der Waals surface area contributed by atoms with Crippen molar-refractivity contribution in [3.05, 3.63) is 90.5 Å². The van der Waals surface area contributed by atoms with Gasteiger partial charge in [0.2, 0.25) is 0 Å². The fourth-order valence-electron chi connectivity index (χ4n) is 2.88. The normalized spacial score (nSPS) is 11.9. The first-order valence-corrected chi connectivity index (χ1v) is 8.96. The van der Waals surface area contributed by atoms with Crippen LogP contribution in [0.1, 0.15) is 26.3 Å². The smallest absolute Gasteiger partial charge is 0.408 e. The second-order valence-corrected chi connectivity index (χ2v) is 7.31. The van der Waals surface area contributed by atoms with Gasteiger partial charge in [0, 0.05) is 11.0 Å². The molecule has 0 aliphatic rings. The summed E-state index contributed by atoms with van der Waals surface area (Å²) in [5, 5.41) is 0. The fourth-order valence-corrected chi connectivity index (χ4v) is 2.88. The Kier molecular flexibility index (Phi) is 5.51. The van der Waals surface area contributed by atoms with Gasteiger partial charge >= 0.3 is 6.09 Å². The van der Waals surface area contributed by atoms with Crippen LogP contribution in [0.3, 0.4) is 0 Å². The van der Waals surface area contributed by atoms with Gasteiger partial charge in [-0.25, -0.2) is 4.79 Å². The molecule has 0 heterocycles. The zero-order chi connectivity index (χ0) is 19.3. The van der Waals surface area contributed by atoms with Crippen LogP contribution in [0.2, 0.25) is 0 Å². The van der Waals surface area contributed by atoms with Gasteiger partial charge in [-0.2, -0.15) is 4.99 Å². The number of carbonyl (C=O) groups is 1. The van der Waals surface area contributed by atoms with Crippen molar-refractivity contribution in [1.29, 1.82) is 0 Å². The molecule has 3 heteroatoms. The van der Waals surface area contributed by atoms with Crippen molar-refractivity contribution in [3.8, 4) is 16.9 Å². The maximum atomic E-state index is 12.6. The van der Waals surface area contributed by atoms with Crippen molar-refractivity contribution in [2.45, 2.75) is 20.8 Å². The van der Waals surface area contributed by atoms with Crippen LogP contribution < -0.4 is 4.74 Å². The summed E-state index contributed by atoms with van der Waals surface area (Å²) in [4.78, 5) is 16.9. The standard InChI is InChI=1S/C24H23NO2/c1-24(2,3)22(19-14-8-5-9-15-19)25-23(26)27-21-17-11-10-16-20(21)18-12-6-4-7-13-18/h4-17H,1-3H3/b25-22-. The van der Waals surface area contributed by atoms with Gasteiger partial charge in [-0.05, 0) is 17.2 Å². The Balaban J connectivity index is 1.92. The average molecular weight is 357 g/mol. The second kappa shape index (κ2) is 8.00. The molecule has 0 radical (unpaired) electrons. The molecule has 3 aromatic carbocycles. The van der Waals surface area contributed by atoms with Crippen LogP contribution in [-0.2, 0) is 0 Å². The molecule has 0 spiro atoms. The number of para-hydroxylation sites is 1. The van der Waals surface area contributed by atoms with E-state index in [1.165, 1.54) is 0 Å². The summed E-state index contributed by atoms with van der Waals surface area (Å²) >= 11 is 0. The molecule has 0 atom stereocenters. The molecule has 0 aromatic heterocycles. The van der Waals surface area contributed by atoms with Crippen molar-refractivity contribution in [2.24, 2.45) is 10.4 Å². The molecule has 0 aliphatic heterocycles. The summed E-state index contributed by atoms with van der Waals surface area (Å²) in [6.07, 6.45) is -0.618. The molecule has 0 unspecified atom stereocenters. The van der Waals surface area contributed by atoms with E-state index in [9.17, 15) is 4.79 Å². The van der Waals surface area contributed by atoms with Gasteiger partial charge in [-0.3, -0.25) is 0 Å². The Morgan fingerprint density at radius 1 is 0.778 bits per heavy atom. The van der Waals surface area contributed by atoms with Crippen molar-refractivity contribution >= 4 is 11.8 Å². The van der Waals surface area contributed by atoms with E-state index >= 15 is 0 Å². The Bertz CT molecular complexity index is 939. The molecule has 0 aliphatic carbocycles. The average Bonchev–Trinajstić information content (AvgIpc) is 2.67. The highest BCUT2D eigenvalue weighted by Crippen LogP contribution is 2.30. The number of carbonyl (C=O) groups excluding carboxylic acids is 1. The van der Waals surface area contributed by atoms with Crippen LogP contribution in [0, 0.1) is 5.41 Å². The molecular weight excluding hydrogens is 334 g/mol. The minimum absolute atomic E-state index is 0.292. The van der Waals surface area contributed by atoms with E-state index in [0.29, 0.717) is 11.5 Å². The lowest BCUT2D eigenvalue weighted by Gasteiger charge is -2.21. The molecule has 1 amide bonds. The predicted molar refractivity (Wildman–Crippen MR) is 110 cm³/mol. The van der Waals surface area contributed by atoms with Crippen LogP contribution in [0.5, 0.6) is 5.75 Å². The highest BCUT2D eigenvalue weighted by molar-refractivity contribution is 6.08. The zero-order valence-electron chi connectivity index (χ0n) is 15.8. The number of nitrogens with zero attached hydrogens (tertiary/aromatic N) is 1. The minimum Gasteiger partial charge on any atom is -0.408 e. The van der Waals surface area contributed by atoms with E-state index in [2.05, 4.69) is 4.99 Å². The quantitative estimate of drug-likeness (QED) is 0.510. The highest BCUT2D eigenvalue weighted by Gasteiger charge is 2.22. The van der Waals surface area contributed by atoms with E-state index in [1.54, 1.807) is 6.07 Å². The minimum atomic E-state index is -0.618. The maximum Gasteiger partial charge on any atom is 0.439 e. The molecule has 27 heavy (non-hydrogen) atoms. The number of rotatable bonds is 3. The van der Waals surface area contributed by atoms with Crippen molar-refractivity contribution in [1.82, 2.24) is 0 Å². The lowest BCUT2D eigenvalue weighted by molar-refractivity contribution is 0.211. The summed E-state index contributed by atoms with van der Waals surface area (Å²) in [5.41, 5.74) is 3.17. The van der Waals surface area contributed by atoms with E-state index in [1.807, 2.05) is 99.6 Å². The third-order valence-electron chi connectivity index (χ3n) is 4.13. The zero-order valence-corrected chi connectivity index (χ0v) is 15.8. The molecule has 136 valence electrons. The van der Waals surface area contributed by atoms with Crippen LogP contribution in [0.25, 0.3) is 11.1 Å². The van der Waals surface area contributed by atoms with Gasteiger partial charge in [0.05, 0.1) is 5.71 Å². The van der Waals surface area contributed by atoms with E-state index in [4.69, 9.17) is 4.74 Å². The monoisotopic (exact) mass is 357 g/mol. The molecule has 0 fully saturated rings. The van der Waals surface area contributed by atoms with E-state index in [0.717, 1.165) is 16.7 Å². The van der Waals surface area contributed by atoms with E-state index in [-0.39, 0.29) is 5.41 Å². The molecule has 0 N–H and O–H groups in total. The number of benzene rings is 3. The van der Waals surface area contributed by atoms with Crippen molar-refractivity contribution in [3.63, 3.8) is 0 Å². The van der Waals surface area contributed by atoms with Crippen LogP contribution in [0.15, 0.2) is 89.9 Å². The molecule has 3 aromatic rings. The third-order valence-corrected chi connectivity index (χ3v) is 4.13. The summed E-state index contributed by atoms with van der Waals surface area (Å²) < 4.78 is 5.62. The predicted octanol–water partition coefficient (Wildman–Crippen LogP) is 6.39. The third kappa shape index (κ3) is 4.70. The van der Waals surface area contributed by atoms with Gasteiger partial charge in [-0.15, -0.1) is 0 Å². The molecule has 0 saturated carbocycles. The number of hydrogen-bond donors (Lipinski definition) is 0. The first-order chi connectivity index (χ1) is 12.9. The first kappa shape index (κ1) is 18.6. The largest absolute Gasteiger partial charge is 0.439 e. The summed E-state index contributed by atoms with van der Waals surface area (Å²) in [7, 11) is 0. The lowest BCUT2D eigenvalue weighted by Crippen LogP contribution is -2.23. The SMILES string of the molecule is CC(C)(C)/C(=N\C(=O)Oc1ccccc1-c1ccccc1)c1ccccc1. The van der Waals surface area contributed by atoms with Crippen LogP contribution >= 0.6 is 0 Å². The number of amides is 1. The summed E-state index contributed by atoms with van der Waals surface area (Å²) in [6.45, 7) is 6.10. The molecule has 0 bridgehead atoms. The fraction of sp³-hybridized carbons (Fsp3) is 0.167. The molecular formula is C24H23NO2. The molecule has 3 nitrogen and oxygen atoms in total. The van der Waals surface area contributed by atoms with E-state index < -0.39 is 6.09 Å². The lowest BCUT2D eigenvalue weighted by atomic mass is 9.85. The molecule has 0 saturated heterocycles. The Morgan fingerprint density at radius 2 is 1.33 bits per heavy atom. The van der Waals surface area contributed by atoms with Crippen molar-refractivity contribution in [2.75, 3.05) is 0 Å². The van der Waals surface area contributed by atoms with Gasteiger partial charge in [0.25, 0.3) is 0 Å². The summed E-state index contributed by atoms with van der Waals surface area (Å²) in [6, 6.07) is 27.1. The number of aliphatic imine (C=N–C) groups is 1. The van der Waals surface area contributed by atoms with Crippen LogP contribution in [0.4, 0.5) is 4.79 Å². The van der Waals surface area contributed by atoms with Gasteiger partial charge in [-0.1, -0.05) is 99.6 Å². The van der Waals surface area contributed by atoms with Crippen LogP contribution in [-0.4, -0.2) is 11.8 Å². The summed E-state index contributed by atoms with van der Waals surface area (Å²) in [5.74, 6) is 0.499. The Hall–Kier alpha value is -3.20. The maximum absolute atomic E-state index is 12.6. The van der Waals surface area contributed by atoms with Gasteiger partial charge in [0.1, 0.15) is 5.75 Å². The number of hydrogen-bond acceptors (Lipinski definition) is 2. The van der Waals surface area contributed by atoms with Crippen molar-refractivity contribution < 1.29 is 9.53 Å². The second-order valence-electron chi connectivity index (χ2n) is 7.31. The first-order valence-electron chi connectivity index (χ1n) is 8.96. The number of ether oxygens (including phenoxy) is 1. The topological polar surface area (TPSA) is 38.7 Å². The van der Waals surface area contributed by atoms with Gasteiger partial charge < -0.3 is 4.74 Å². The Morgan fingerprint density at radius 3 is 1.96 bits per heavy atom. The van der Waals surface area contributed by atoms with Gasteiger partial charge in [0.15, 0.2) is 0 Å². The molecule has 3 rings (SSSR count). The Labute approximate surface area is 160 Å².